The van der Waals surface area contributed by atoms with Crippen molar-refractivity contribution in [2.75, 3.05) is 13.1 Å². The van der Waals surface area contributed by atoms with Crippen LogP contribution < -0.4 is 10.6 Å². The molecule has 2 amide bonds. The molecule has 0 radical (unpaired) electrons. The van der Waals surface area contributed by atoms with E-state index in [0.29, 0.717) is 25.6 Å². The van der Waals surface area contributed by atoms with Gasteiger partial charge in [0.2, 0.25) is 10.0 Å². The number of hydrogen-bond donors (Lipinski definition) is 2. The minimum absolute atomic E-state index is 0.0257. The molecule has 0 bridgehead atoms. The summed E-state index contributed by atoms with van der Waals surface area (Å²) in [6, 6.07) is 16.5. The zero-order chi connectivity index (χ0) is 20.9. The van der Waals surface area contributed by atoms with Crippen LogP contribution in [0.4, 0.5) is 4.79 Å². The number of nitrogens with zero attached hydrogens (tertiary/aromatic N) is 1. The van der Waals surface area contributed by atoms with Crippen molar-refractivity contribution >= 4 is 16.1 Å². The average molecular weight is 416 g/mol. The van der Waals surface area contributed by atoms with Crippen molar-refractivity contribution in [3.63, 3.8) is 0 Å². The van der Waals surface area contributed by atoms with Gasteiger partial charge in [0.05, 0.1) is 10.9 Å². The largest absolute Gasteiger partial charge is 0.334 e. The Hall–Kier alpha value is -2.38. The van der Waals surface area contributed by atoms with Crippen LogP contribution in [0.25, 0.3) is 0 Å². The summed E-state index contributed by atoms with van der Waals surface area (Å²) in [5.74, 6) is 0.493. The molecule has 2 N–H and O–H groups in total. The summed E-state index contributed by atoms with van der Waals surface area (Å²) in [5, 5.41) is 5.95. The highest BCUT2D eigenvalue weighted by Crippen LogP contribution is 2.40. The van der Waals surface area contributed by atoms with E-state index in [-0.39, 0.29) is 17.0 Å². The molecule has 156 valence electrons. The van der Waals surface area contributed by atoms with Crippen molar-refractivity contribution in [3.05, 3.63) is 65.7 Å². The first kappa shape index (κ1) is 21.3. The summed E-state index contributed by atoms with van der Waals surface area (Å²) in [6.07, 6.45) is 2.25. The monoisotopic (exact) mass is 415 g/mol. The molecule has 0 aliphatic heterocycles. The van der Waals surface area contributed by atoms with E-state index < -0.39 is 10.0 Å². The Morgan fingerprint density at radius 2 is 1.66 bits per heavy atom. The molecule has 29 heavy (non-hydrogen) atoms. The minimum atomic E-state index is -3.46. The maximum Gasteiger partial charge on any atom is 0.315 e. The second-order valence-electron chi connectivity index (χ2n) is 7.29. The number of urea groups is 1. The van der Waals surface area contributed by atoms with Crippen LogP contribution in [0.2, 0.25) is 0 Å². The predicted molar refractivity (Wildman–Crippen MR) is 114 cm³/mol. The lowest BCUT2D eigenvalue weighted by molar-refractivity contribution is 0.235. The van der Waals surface area contributed by atoms with Crippen LogP contribution >= 0.6 is 0 Å². The van der Waals surface area contributed by atoms with E-state index >= 15 is 0 Å². The van der Waals surface area contributed by atoms with Crippen LogP contribution in [0.1, 0.15) is 43.9 Å². The van der Waals surface area contributed by atoms with Crippen LogP contribution in [0.15, 0.2) is 59.5 Å². The second-order valence-corrected chi connectivity index (χ2v) is 9.22. The van der Waals surface area contributed by atoms with Gasteiger partial charge in [-0.2, -0.15) is 4.31 Å². The summed E-state index contributed by atoms with van der Waals surface area (Å²) in [4.78, 5) is 12.7. The minimum Gasteiger partial charge on any atom is -0.334 e. The Morgan fingerprint density at radius 1 is 1.03 bits per heavy atom. The van der Waals surface area contributed by atoms with Crippen molar-refractivity contribution in [1.82, 2.24) is 14.9 Å². The molecular formula is C22H29N3O3S. The maximum absolute atomic E-state index is 12.5. The molecule has 2 aromatic rings. The fourth-order valence-electron chi connectivity index (χ4n) is 3.43. The number of carbonyl (C=O) groups is 1. The van der Waals surface area contributed by atoms with Crippen LogP contribution in [0.5, 0.6) is 0 Å². The topological polar surface area (TPSA) is 78.5 Å². The highest BCUT2D eigenvalue weighted by atomic mass is 32.2. The number of benzene rings is 2. The van der Waals surface area contributed by atoms with Crippen molar-refractivity contribution in [3.8, 4) is 0 Å². The molecule has 1 fully saturated rings. The molecule has 1 saturated carbocycles. The molecule has 1 unspecified atom stereocenters. The molecule has 3 rings (SSSR count). The number of carbonyl (C=O) groups excluding carboxylic acids is 1. The van der Waals surface area contributed by atoms with E-state index in [1.54, 1.807) is 24.3 Å². The van der Waals surface area contributed by atoms with Gasteiger partial charge in [-0.1, -0.05) is 56.3 Å². The second kappa shape index (κ2) is 9.41. The highest BCUT2D eigenvalue weighted by Gasteiger charge is 2.33. The van der Waals surface area contributed by atoms with Crippen LogP contribution in [-0.2, 0) is 16.6 Å². The first-order chi connectivity index (χ1) is 14.0. The fourth-order valence-corrected chi connectivity index (χ4v) is 4.89. The summed E-state index contributed by atoms with van der Waals surface area (Å²) < 4.78 is 26.5. The van der Waals surface area contributed by atoms with Gasteiger partial charge in [0.1, 0.15) is 0 Å². The molecule has 2 aromatic carbocycles. The third-order valence-electron chi connectivity index (χ3n) is 5.26. The third-order valence-corrected chi connectivity index (χ3v) is 7.32. The zero-order valence-corrected chi connectivity index (χ0v) is 17.8. The molecule has 0 spiro atoms. The van der Waals surface area contributed by atoms with E-state index in [2.05, 4.69) is 10.6 Å². The Balaban J connectivity index is 1.58. The number of nitrogens with one attached hydrogen (secondary N) is 2. The molecule has 0 saturated heterocycles. The van der Waals surface area contributed by atoms with Crippen LogP contribution in [0, 0.1) is 5.92 Å². The Kier molecular flexibility index (Phi) is 6.92. The Bertz CT molecular complexity index is 906. The molecule has 0 aromatic heterocycles. The summed E-state index contributed by atoms with van der Waals surface area (Å²) in [5.41, 5.74) is 1.97. The first-order valence-corrected chi connectivity index (χ1v) is 11.6. The van der Waals surface area contributed by atoms with Crippen LogP contribution in [0.3, 0.4) is 0 Å². The van der Waals surface area contributed by atoms with Crippen molar-refractivity contribution in [2.24, 2.45) is 5.92 Å². The Labute approximate surface area is 173 Å². The fraction of sp³-hybridized carbons (Fsp3) is 0.409. The van der Waals surface area contributed by atoms with Gasteiger partial charge >= 0.3 is 6.03 Å². The van der Waals surface area contributed by atoms with Gasteiger partial charge < -0.3 is 10.6 Å². The smallest absolute Gasteiger partial charge is 0.315 e. The Morgan fingerprint density at radius 3 is 2.21 bits per heavy atom. The number of rotatable bonds is 9. The maximum atomic E-state index is 12.5. The quantitative estimate of drug-likeness (QED) is 0.656. The lowest BCUT2D eigenvalue weighted by atomic mass is 10.0. The third kappa shape index (κ3) is 5.36. The van der Waals surface area contributed by atoms with E-state index in [1.807, 2.05) is 44.2 Å². The lowest BCUT2D eigenvalue weighted by Crippen LogP contribution is -2.38. The summed E-state index contributed by atoms with van der Waals surface area (Å²) in [7, 11) is -3.46. The van der Waals surface area contributed by atoms with E-state index in [1.165, 1.54) is 4.31 Å². The van der Waals surface area contributed by atoms with Gasteiger partial charge in [0.25, 0.3) is 0 Å². The van der Waals surface area contributed by atoms with Gasteiger partial charge in [0.15, 0.2) is 0 Å². The van der Waals surface area contributed by atoms with E-state index in [9.17, 15) is 13.2 Å². The molecular weight excluding hydrogens is 386 g/mol. The first-order valence-electron chi connectivity index (χ1n) is 10.1. The van der Waals surface area contributed by atoms with Crippen LogP contribution in [-0.4, -0.2) is 31.8 Å². The molecule has 1 atom stereocenters. The van der Waals surface area contributed by atoms with Gasteiger partial charge in [-0.15, -0.1) is 0 Å². The average Bonchev–Trinajstić information content (AvgIpc) is 3.57. The summed E-state index contributed by atoms with van der Waals surface area (Å²) in [6.45, 7) is 4.85. The normalized spacial score (nSPS) is 15.1. The number of amides is 2. The van der Waals surface area contributed by atoms with Crippen molar-refractivity contribution in [1.29, 1.82) is 0 Å². The van der Waals surface area contributed by atoms with Gasteiger partial charge in [-0.25, -0.2) is 13.2 Å². The standard InChI is InChI=1S/C22H29N3O3S/c1-3-25(4-2)29(27,28)20-14-10-17(11-15-20)16-23-22(26)24-21(19-12-13-19)18-8-6-5-7-9-18/h5-11,14-15,19,21H,3-4,12-13,16H2,1-2H3,(H2,23,24,26). The molecule has 1 aliphatic rings. The highest BCUT2D eigenvalue weighted by molar-refractivity contribution is 7.89. The molecule has 1 aliphatic carbocycles. The van der Waals surface area contributed by atoms with Crippen molar-refractivity contribution < 1.29 is 13.2 Å². The predicted octanol–water partition coefficient (Wildman–Crippen LogP) is 3.67. The van der Waals surface area contributed by atoms with Gasteiger partial charge in [-0.05, 0) is 42.0 Å². The van der Waals surface area contributed by atoms with Gasteiger partial charge in [-0.3, -0.25) is 0 Å². The number of hydrogen-bond acceptors (Lipinski definition) is 3. The zero-order valence-electron chi connectivity index (χ0n) is 17.0. The van der Waals surface area contributed by atoms with E-state index in [4.69, 9.17) is 0 Å². The van der Waals surface area contributed by atoms with E-state index in [0.717, 1.165) is 24.0 Å². The SMILES string of the molecule is CCN(CC)S(=O)(=O)c1ccc(CNC(=O)NC(c2ccccc2)C2CC2)cc1. The summed E-state index contributed by atoms with van der Waals surface area (Å²) >= 11 is 0. The van der Waals surface area contributed by atoms with Gasteiger partial charge in [0, 0.05) is 19.6 Å². The van der Waals surface area contributed by atoms with Crippen molar-refractivity contribution in [2.45, 2.75) is 44.2 Å². The molecule has 7 heteroatoms. The number of sulfonamides is 1. The lowest BCUT2D eigenvalue weighted by Gasteiger charge is -2.19. The molecule has 0 heterocycles. The molecule has 6 nitrogen and oxygen atoms in total.